The van der Waals surface area contributed by atoms with Gasteiger partial charge < -0.3 is 14.2 Å². The van der Waals surface area contributed by atoms with Gasteiger partial charge in [0.1, 0.15) is 12.2 Å². The van der Waals surface area contributed by atoms with Crippen molar-refractivity contribution in [2.75, 3.05) is 0 Å². The lowest BCUT2D eigenvalue weighted by atomic mass is 9.69. The molecule has 2 fully saturated rings. The largest absolute Gasteiger partial charge is 0.458 e. The van der Waals surface area contributed by atoms with Crippen LogP contribution in [-0.2, 0) is 28.6 Å². The summed E-state index contributed by atoms with van der Waals surface area (Å²) in [5, 5.41) is 0. The summed E-state index contributed by atoms with van der Waals surface area (Å²) in [4.78, 5) is 35.9. The Bertz CT molecular complexity index is 688. The Balaban J connectivity index is 1.73. The van der Waals surface area contributed by atoms with Crippen molar-refractivity contribution in [1.29, 1.82) is 0 Å². The Labute approximate surface area is 153 Å². The lowest BCUT2D eigenvalue weighted by molar-refractivity contribution is -0.148. The van der Waals surface area contributed by atoms with Crippen LogP contribution in [0.5, 0.6) is 0 Å². The molecule has 6 nitrogen and oxygen atoms in total. The van der Waals surface area contributed by atoms with Crippen molar-refractivity contribution in [3.63, 3.8) is 0 Å². The first kappa shape index (κ1) is 18.8. The SMILES string of the molecule is CC(=O)O[C@@H]1C=CC(=O)[C@@]2(CC(=O)O[C@@H]2/C=C(\C)CC[C@H]2OC2(C)C)C1. The van der Waals surface area contributed by atoms with Gasteiger partial charge in [0.15, 0.2) is 5.78 Å². The minimum Gasteiger partial charge on any atom is -0.458 e. The normalized spacial score (nSPS) is 35.5. The van der Waals surface area contributed by atoms with Gasteiger partial charge in [-0.1, -0.05) is 5.57 Å². The summed E-state index contributed by atoms with van der Waals surface area (Å²) in [5.74, 6) is -0.951. The Kier molecular flexibility index (Phi) is 4.82. The van der Waals surface area contributed by atoms with Gasteiger partial charge in [-0.3, -0.25) is 14.4 Å². The fourth-order valence-electron chi connectivity index (χ4n) is 3.89. The number of rotatable bonds is 5. The van der Waals surface area contributed by atoms with E-state index in [-0.39, 0.29) is 30.3 Å². The molecule has 0 saturated carbocycles. The zero-order valence-corrected chi connectivity index (χ0v) is 15.7. The lowest BCUT2D eigenvalue weighted by Crippen LogP contribution is -2.43. The number of hydrogen-bond acceptors (Lipinski definition) is 6. The monoisotopic (exact) mass is 362 g/mol. The van der Waals surface area contributed by atoms with Crippen molar-refractivity contribution < 1.29 is 28.6 Å². The standard InChI is InChI=1S/C20H26O6/c1-12(5-8-16-19(3,4)26-16)9-17-20(11-18(23)25-17)10-14(24-13(2)21)6-7-15(20)22/h6-7,9,14,16-17H,5,8,10-11H2,1-4H3/b12-9+/t14-,16-,17-,20+/m1/s1. The Morgan fingerprint density at radius 2 is 2.04 bits per heavy atom. The van der Waals surface area contributed by atoms with E-state index in [1.807, 2.05) is 13.0 Å². The lowest BCUT2D eigenvalue weighted by Gasteiger charge is -2.34. The second kappa shape index (κ2) is 6.65. The highest BCUT2D eigenvalue weighted by molar-refractivity contribution is 6.00. The first-order valence-corrected chi connectivity index (χ1v) is 9.07. The molecule has 0 N–H and O–H groups in total. The van der Waals surface area contributed by atoms with Gasteiger partial charge in [0.05, 0.1) is 23.5 Å². The van der Waals surface area contributed by atoms with Gasteiger partial charge in [0.2, 0.25) is 0 Å². The second-order valence-corrected chi connectivity index (χ2v) is 8.08. The molecule has 2 saturated heterocycles. The molecule has 0 aromatic carbocycles. The van der Waals surface area contributed by atoms with Gasteiger partial charge in [-0.25, -0.2) is 0 Å². The van der Waals surface area contributed by atoms with Crippen molar-refractivity contribution in [3.8, 4) is 0 Å². The van der Waals surface area contributed by atoms with Crippen LogP contribution in [0.15, 0.2) is 23.8 Å². The molecular weight excluding hydrogens is 336 g/mol. The number of ether oxygens (including phenoxy) is 3. The third-order valence-electron chi connectivity index (χ3n) is 5.50. The average molecular weight is 362 g/mol. The van der Waals surface area contributed by atoms with Gasteiger partial charge in [0, 0.05) is 13.3 Å². The number of epoxide rings is 1. The molecule has 26 heavy (non-hydrogen) atoms. The van der Waals surface area contributed by atoms with E-state index in [1.165, 1.54) is 13.0 Å². The molecule has 3 rings (SSSR count). The molecule has 142 valence electrons. The predicted octanol–water partition coefficient (Wildman–Crippen LogP) is 2.65. The third-order valence-corrected chi connectivity index (χ3v) is 5.50. The molecule has 6 heteroatoms. The van der Waals surface area contributed by atoms with Crippen molar-refractivity contribution >= 4 is 17.7 Å². The van der Waals surface area contributed by atoms with E-state index in [9.17, 15) is 14.4 Å². The van der Waals surface area contributed by atoms with Crippen LogP contribution in [-0.4, -0.2) is 41.6 Å². The van der Waals surface area contributed by atoms with Gasteiger partial charge in [0.25, 0.3) is 0 Å². The Morgan fingerprint density at radius 1 is 1.35 bits per heavy atom. The first-order chi connectivity index (χ1) is 12.1. The Hall–Kier alpha value is -1.95. The maximum absolute atomic E-state index is 12.6. The minimum atomic E-state index is -0.984. The highest BCUT2D eigenvalue weighted by Gasteiger charge is 2.55. The minimum absolute atomic E-state index is 0.0150. The van der Waals surface area contributed by atoms with Crippen LogP contribution in [0.2, 0.25) is 0 Å². The molecule has 2 aliphatic heterocycles. The molecule has 0 aromatic heterocycles. The van der Waals surface area contributed by atoms with Crippen LogP contribution >= 0.6 is 0 Å². The van der Waals surface area contributed by atoms with E-state index in [0.717, 1.165) is 18.4 Å². The maximum atomic E-state index is 12.6. The summed E-state index contributed by atoms with van der Waals surface area (Å²) in [6.07, 6.45) is 5.97. The van der Waals surface area contributed by atoms with E-state index in [2.05, 4.69) is 13.8 Å². The van der Waals surface area contributed by atoms with E-state index >= 15 is 0 Å². The topological polar surface area (TPSA) is 82.2 Å². The number of esters is 2. The van der Waals surface area contributed by atoms with E-state index < -0.39 is 29.6 Å². The smallest absolute Gasteiger partial charge is 0.307 e. The number of allylic oxidation sites excluding steroid dienone is 2. The highest BCUT2D eigenvalue weighted by atomic mass is 16.6. The van der Waals surface area contributed by atoms with Crippen molar-refractivity contribution in [2.45, 2.75) is 77.3 Å². The van der Waals surface area contributed by atoms with Crippen LogP contribution < -0.4 is 0 Å². The predicted molar refractivity (Wildman–Crippen MR) is 93.2 cm³/mol. The summed E-state index contributed by atoms with van der Waals surface area (Å²) in [6.45, 7) is 7.43. The number of carbonyl (C=O) groups excluding carboxylic acids is 3. The van der Waals surface area contributed by atoms with Crippen LogP contribution in [0.4, 0.5) is 0 Å². The molecule has 3 aliphatic rings. The Morgan fingerprint density at radius 3 is 2.65 bits per heavy atom. The maximum Gasteiger partial charge on any atom is 0.307 e. The molecule has 0 aromatic rings. The molecule has 0 amide bonds. The number of cyclic esters (lactones) is 1. The van der Waals surface area contributed by atoms with Gasteiger partial charge in [-0.15, -0.1) is 0 Å². The van der Waals surface area contributed by atoms with E-state index in [1.54, 1.807) is 6.08 Å². The molecule has 0 unspecified atom stereocenters. The quantitative estimate of drug-likeness (QED) is 0.425. The van der Waals surface area contributed by atoms with Gasteiger partial charge in [-0.05, 0) is 51.8 Å². The van der Waals surface area contributed by atoms with Crippen LogP contribution in [0.25, 0.3) is 0 Å². The van der Waals surface area contributed by atoms with Gasteiger partial charge >= 0.3 is 11.9 Å². The van der Waals surface area contributed by atoms with E-state index in [0.29, 0.717) is 0 Å². The number of hydrogen-bond donors (Lipinski definition) is 0. The summed E-state index contributed by atoms with van der Waals surface area (Å²) < 4.78 is 16.3. The number of carbonyl (C=O) groups is 3. The average Bonchev–Trinajstić information content (AvgIpc) is 3.02. The third kappa shape index (κ3) is 3.75. The second-order valence-electron chi connectivity index (χ2n) is 8.08. The first-order valence-electron chi connectivity index (χ1n) is 9.07. The zero-order valence-electron chi connectivity index (χ0n) is 15.7. The highest BCUT2D eigenvalue weighted by Crippen LogP contribution is 2.45. The molecule has 1 aliphatic carbocycles. The van der Waals surface area contributed by atoms with Gasteiger partial charge in [-0.2, -0.15) is 0 Å². The molecule has 0 radical (unpaired) electrons. The molecular formula is C20H26O6. The van der Waals surface area contributed by atoms with Crippen molar-refractivity contribution in [1.82, 2.24) is 0 Å². The van der Waals surface area contributed by atoms with Crippen molar-refractivity contribution in [3.05, 3.63) is 23.8 Å². The zero-order chi connectivity index (χ0) is 19.1. The summed E-state index contributed by atoms with van der Waals surface area (Å²) in [5.41, 5.74) is 0.0208. The van der Waals surface area contributed by atoms with Crippen LogP contribution in [0, 0.1) is 5.41 Å². The fourth-order valence-corrected chi connectivity index (χ4v) is 3.89. The summed E-state index contributed by atoms with van der Waals surface area (Å²) in [6, 6.07) is 0. The van der Waals surface area contributed by atoms with Crippen molar-refractivity contribution in [2.24, 2.45) is 5.41 Å². The van der Waals surface area contributed by atoms with E-state index in [4.69, 9.17) is 14.2 Å². The molecule has 2 heterocycles. The van der Waals surface area contributed by atoms with Crippen LogP contribution in [0.3, 0.4) is 0 Å². The summed E-state index contributed by atoms with van der Waals surface area (Å²) >= 11 is 0. The van der Waals surface area contributed by atoms with Crippen LogP contribution in [0.1, 0.15) is 53.4 Å². The fraction of sp³-hybridized carbons (Fsp3) is 0.650. The molecule has 1 spiro atoms. The molecule has 4 atom stereocenters. The summed E-state index contributed by atoms with van der Waals surface area (Å²) in [7, 11) is 0. The number of ketones is 1. The molecule has 0 bridgehead atoms.